The van der Waals surface area contributed by atoms with Crippen molar-refractivity contribution in [1.29, 1.82) is 0 Å². The first-order valence-corrected chi connectivity index (χ1v) is 5.91. The van der Waals surface area contributed by atoms with E-state index in [2.05, 4.69) is 13.2 Å². The van der Waals surface area contributed by atoms with E-state index in [-0.39, 0.29) is 13.2 Å². The smallest absolute Gasteiger partial charge is 0.327 e. The lowest BCUT2D eigenvalue weighted by Crippen LogP contribution is -2.41. The summed E-state index contributed by atoms with van der Waals surface area (Å²) in [5.74, 6) is -1.15. The molecule has 0 N–H and O–H groups in total. The van der Waals surface area contributed by atoms with Crippen molar-refractivity contribution in [2.24, 2.45) is 5.41 Å². The Labute approximate surface area is 107 Å². The van der Waals surface area contributed by atoms with Gasteiger partial charge in [-0.25, -0.2) is 0 Å². The third-order valence-electron chi connectivity index (χ3n) is 2.74. The molecule has 0 aromatic carbocycles. The number of ether oxygens (including phenoxy) is 2. The molecule has 4 nitrogen and oxygen atoms in total. The standard InChI is InChI=1S/C14H18O4/c1-3-10-17-12(15)14(8-6-5-7-9-14)13(16)18-11-4-2/h3-4,6,8H,1-2,5,7,9-11H2. The summed E-state index contributed by atoms with van der Waals surface area (Å²) in [6.07, 6.45) is 8.35. The van der Waals surface area contributed by atoms with Crippen molar-refractivity contribution in [2.75, 3.05) is 13.2 Å². The Morgan fingerprint density at radius 1 is 1.17 bits per heavy atom. The van der Waals surface area contributed by atoms with Crippen LogP contribution in [0.5, 0.6) is 0 Å². The van der Waals surface area contributed by atoms with Gasteiger partial charge in [0, 0.05) is 0 Å². The Hall–Kier alpha value is -1.84. The van der Waals surface area contributed by atoms with Crippen LogP contribution in [0.2, 0.25) is 0 Å². The van der Waals surface area contributed by atoms with Crippen molar-refractivity contribution in [3.8, 4) is 0 Å². The van der Waals surface area contributed by atoms with Crippen molar-refractivity contribution < 1.29 is 19.1 Å². The van der Waals surface area contributed by atoms with Crippen LogP contribution in [0, 0.1) is 5.41 Å². The predicted molar refractivity (Wildman–Crippen MR) is 67.7 cm³/mol. The van der Waals surface area contributed by atoms with Gasteiger partial charge >= 0.3 is 11.9 Å². The molecule has 0 unspecified atom stereocenters. The molecule has 0 aliphatic heterocycles. The molecule has 0 radical (unpaired) electrons. The molecule has 0 atom stereocenters. The highest BCUT2D eigenvalue weighted by Crippen LogP contribution is 2.34. The fourth-order valence-corrected chi connectivity index (χ4v) is 1.82. The number of carbonyl (C=O) groups excluding carboxylic acids is 2. The molecule has 0 spiro atoms. The van der Waals surface area contributed by atoms with Crippen LogP contribution in [0.4, 0.5) is 0 Å². The first kappa shape index (κ1) is 14.2. The van der Waals surface area contributed by atoms with E-state index in [0.717, 1.165) is 12.8 Å². The number of allylic oxidation sites excluding steroid dienone is 1. The molecular formula is C14H18O4. The van der Waals surface area contributed by atoms with Crippen molar-refractivity contribution in [3.05, 3.63) is 37.5 Å². The Kier molecular flexibility index (Phi) is 5.36. The Bertz CT molecular complexity index is 344. The summed E-state index contributed by atoms with van der Waals surface area (Å²) in [5.41, 5.74) is -1.30. The van der Waals surface area contributed by atoms with Gasteiger partial charge in [-0.15, -0.1) is 0 Å². The molecule has 0 aromatic rings. The van der Waals surface area contributed by atoms with Crippen LogP contribution in [-0.2, 0) is 19.1 Å². The lowest BCUT2D eigenvalue weighted by Gasteiger charge is -2.28. The zero-order valence-electron chi connectivity index (χ0n) is 10.4. The second-order valence-electron chi connectivity index (χ2n) is 4.04. The average molecular weight is 250 g/mol. The molecule has 0 saturated heterocycles. The highest BCUT2D eigenvalue weighted by molar-refractivity contribution is 6.02. The molecule has 1 aliphatic rings. The molecule has 18 heavy (non-hydrogen) atoms. The average Bonchev–Trinajstić information content (AvgIpc) is 2.42. The largest absolute Gasteiger partial charge is 0.460 e. The monoisotopic (exact) mass is 250 g/mol. The molecule has 0 amide bonds. The minimum absolute atomic E-state index is 0.0865. The highest BCUT2D eigenvalue weighted by atomic mass is 16.6. The van der Waals surface area contributed by atoms with E-state index in [1.165, 1.54) is 12.2 Å². The number of esters is 2. The quantitative estimate of drug-likeness (QED) is 0.412. The zero-order chi connectivity index (χ0) is 13.4. The van der Waals surface area contributed by atoms with Gasteiger partial charge in [0.05, 0.1) is 0 Å². The molecule has 0 saturated carbocycles. The molecule has 4 heteroatoms. The summed E-state index contributed by atoms with van der Waals surface area (Å²) in [4.78, 5) is 24.1. The first-order chi connectivity index (χ1) is 8.67. The van der Waals surface area contributed by atoms with Gasteiger partial charge in [0.2, 0.25) is 0 Å². The van der Waals surface area contributed by atoms with Gasteiger partial charge in [-0.2, -0.15) is 0 Å². The Balaban J connectivity index is 2.87. The van der Waals surface area contributed by atoms with Gasteiger partial charge < -0.3 is 9.47 Å². The predicted octanol–water partition coefficient (Wildman–Crippen LogP) is 2.17. The molecule has 1 rings (SSSR count). The topological polar surface area (TPSA) is 52.6 Å². The van der Waals surface area contributed by atoms with E-state index in [1.807, 2.05) is 6.08 Å². The number of hydrogen-bond donors (Lipinski definition) is 0. The van der Waals surface area contributed by atoms with E-state index in [1.54, 1.807) is 6.08 Å². The molecule has 0 bridgehead atoms. The van der Waals surface area contributed by atoms with E-state index >= 15 is 0 Å². The maximum absolute atomic E-state index is 12.0. The molecule has 0 fully saturated rings. The van der Waals surface area contributed by atoms with Crippen LogP contribution in [0.1, 0.15) is 19.3 Å². The molecule has 98 valence electrons. The minimum Gasteiger partial charge on any atom is -0.460 e. The van der Waals surface area contributed by atoms with Crippen molar-refractivity contribution in [1.82, 2.24) is 0 Å². The van der Waals surface area contributed by atoms with E-state index in [9.17, 15) is 9.59 Å². The van der Waals surface area contributed by atoms with Crippen molar-refractivity contribution in [2.45, 2.75) is 19.3 Å². The van der Waals surface area contributed by atoms with E-state index < -0.39 is 17.4 Å². The van der Waals surface area contributed by atoms with Crippen LogP contribution < -0.4 is 0 Å². The zero-order valence-corrected chi connectivity index (χ0v) is 10.4. The number of hydrogen-bond acceptors (Lipinski definition) is 4. The Morgan fingerprint density at radius 2 is 1.72 bits per heavy atom. The van der Waals surface area contributed by atoms with E-state index in [0.29, 0.717) is 6.42 Å². The van der Waals surface area contributed by atoms with Crippen LogP contribution in [0.15, 0.2) is 37.5 Å². The van der Waals surface area contributed by atoms with Gasteiger partial charge in [-0.3, -0.25) is 9.59 Å². The van der Waals surface area contributed by atoms with Crippen LogP contribution in [0.3, 0.4) is 0 Å². The van der Waals surface area contributed by atoms with Gasteiger partial charge in [-0.05, 0) is 19.3 Å². The summed E-state index contributed by atoms with van der Waals surface area (Å²) in [7, 11) is 0. The first-order valence-electron chi connectivity index (χ1n) is 5.91. The summed E-state index contributed by atoms with van der Waals surface area (Å²) >= 11 is 0. The minimum atomic E-state index is -1.30. The summed E-state index contributed by atoms with van der Waals surface area (Å²) in [6.45, 7) is 7.11. The number of rotatable bonds is 6. The van der Waals surface area contributed by atoms with Gasteiger partial charge in [0.25, 0.3) is 0 Å². The molecular weight excluding hydrogens is 232 g/mol. The van der Waals surface area contributed by atoms with Crippen molar-refractivity contribution in [3.63, 3.8) is 0 Å². The maximum Gasteiger partial charge on any atom is 0.327 e. The highest BCUT2D eigenvalue weighted by Gasteiger charge is 2.47. The third kappa shape index (κ3) is 3.09. The van der Waals surface area contributed by atoms with Gasteiger partial charge in [-0.1, -0.05) is 37.5 Å². The SMILES string of the molecule is C=CCOC(=O)C1(C(=O)OCC=C)C=CCCC1. The van der Waals surface area contributed by atoms with Gasteiger partial charge in [0.1, 0.15) is 13.2 Å². The normalized spacial score (nSPS) is 16.7. The summed E-state index contributed by atoms with van der Waals surface area (Å²) in [5, 5.41) is 0. The van der Waals surface area contributed by atoms with Crippen LogP contribution in [-0.4, -0.2) is 25.2 Å². The second kappa shape index (κ2) is 6.79. The fraction of sp³-hybridized carbons (Fsp3) is 0.429. The Morgan fingerprint density at radius 3 is 2.11 bits per heavy atom. The fourth-order valence-electron chi connectivity index (χ4n) is 1.82. The second-order valence-corrected chi connectivity index (χ2v) is 4.04. The maximum atomic E-state index is 12.0. The van der Waals surface area contributed by atoms with Crippen LogP contribution in [0.25, 0.3) is 0 Å². The third-order valence-corrected chi connectivity index (χ3v) is 2.74. The van der Waals surface area contributed by atoms with E-state index in [4.69, 9.17) is 9.47 Å². The van der Waals surface area contributed by atoms with Gasteiger partial charge in [0.15, 0.2) is 5.41 Å². The summed E-state index contributed by atoms with van der Waals surface area (Å²) in [6, 6.07) is 0. The molecule has 0 heterocycles. The number of carbonyl (C=O) groups is 2. The van der Waals surface area contributed by atoms with Crippen molar-refractivity contribution >= 4 is 11.9 Å². The lowest BCUT2D eigenvalue weighted by molar-refractivity contribution is -0.168. The molecule has 1 aliphatic carbocycles. The molecule has 0 aromatic heterocycles. The summed E-state index contributed by atoms with van der Waals surface area (Å²) < 4.78 is 10.0. The van der Waals surface area contributed by atoms with Crippen LogP contribution >= 0.6 is 0 Å². The lowest BCUT2D eigenvalue weighted by atomic mass is 9.79.